The number of hydrogen-bond donors (Lipinski definition) is 3. The minimum atomic E-state index is -0.864. The molecule has 7 nitrogen and oxygen atoms in total. The van der Waals surface area contributed by atoms with Gasteiger partial charge in [-0.25, -0.2) is 4.79 Å². The van der Waals surface area contributed by atoms with Gasteiger partial charge in [-0.2, -0.15) is 4.98 Å². The molecule has 104 valence electrons. The molecule has 1 unspecified atom stereocenters. The maximum atomic E-state index is 11.8. The number of ether oxygens (including phenoxy) is 1. The van der Waals surface area contributed by atoms with Crippen LogP contribution < -0.4 is 11.4 Å². The molecule has 0 amide bonds. The number of nitrogen functional groups attached to an aromatic ring is 1. The molecular weight excluding hydrogens is 365 g/mol. The molecule has 0 bridgehead atoms. The van der Waals surface area contributed by atoms with E-state index in [-0.39, 0.29) is 18.8 Å². The molecule has 19 heavy (non-hydrogen) atoms. The lowest BCUT2D eigenvalue weighted by atomic mass is 10.2. The Morgan fingerprint density at radius 2 is 2.42 bits per heavy atom. The maximum Gasteiger partial charge on any atom is 0.351 e. The van der Waals surface area contributed by atoms with Gasteiger partial charge in [0, 0.05) is 18.2 Å². The van der Waals surface area contributed by atoms with Crippen molar-refractivity contribution in [3.05, 3.63) is 26.3 Å². The van der Waals surface area contributed by atoms with E-state index in [9.17, 15) is 9.90 Å². The van der Waals surface area contributed by atoms with E-state index in [4.69, 9.17) is 15.6 Å². The summed E-state index contributed by atoms with van der Waals surface area (Å²) in [6.07, 6.45) is 1.27. The first-order valence-corrected chi connectivity index (χ1v) is 6.91. The molecule has 8 heteroatoms. The van der Waals surface area contributed by atoms with Crippen molar-refractivity contribution in [1.82, 2.24) is 9.55 Å². The second-order valence-corrected chi connectivity index (χ2v) is 4.92. The molecule has 1 aromatic rings. The summed E-state index contributed by atoms with van der Waals surface area (Å²) in [5, 5.41) is 18.9. The van der Waals surface area contributed by atoms with Gasteiger partial charge in [-0.05, 0) is 10.2 Å². The van der Waals surface area contributed by atoms with Crippen molar-refractivity contribution in [3.8, 4) is 0 Å². The first kappa shape index (κ1) is 14.4. The highest BCUT2D eigenvalue weighted by Gasteiger charge is 2.35. The summed E-state index contributed by atoms with van der Waals surface area (Å²) in [6.45, 7) is -0.203. The maximum absolute atomic E-state index is 11.8. The average Bonchev–Trinajstić information content (AvgIpc) is 2.74. The summed E-state index contributed by atoms with van der Waals surface area (Å²) >= 11 is 2.02. The van der Waals surface area contributed by atoms with E-state index in [1.54, 1.807) is 10.2 Å². The molecule has 2 heterocycles. The minimum Gasteiger partial charge on any atom is -0.394 e. The van der Waals surface area contributed by atoms with Gasteiger partial charge < -0.3 is 20.7 Å². The Bertz CT molecular complexity index is 545. The first-order chi connectivity index (χ1) is 9.06. The van der Waals surface area contributed by atoms with Crippen LogP contribution in [0.3, 0.4) is 0 Å². The smallest absolute Gasteiger partial charge is 0.351 e. The number of hydrogen-bond acceptors (Lipinski definition) is 6. The van der Waals surface area contributed by atoms with Gasteiger partial charge in [0.2, 0.25) is 0 Å². The molecule has 2 rings (SSSR count). The zero-order valence-electron chi connectivity index (χ0n) is 9.94. The minimum absolute atomic E-state index is 0.125. The number of nitrogens with two attached hydrogens (primary N) is 1. The van der Waals surface area contributed by atoms with Crippen LogP contribution in [-0.4, -0.2) is 38.6 Å². The molecule has 0 saturated carbocycles. The van der Waals surface area contributed by atoms with Crippen LogP contribution in [0.25, 0.3) is 6.08 Å². The molecule has 0 aliphatic carbocycles. The van der Waals surface area contributed by atoms with E-state index >= 15 is 0 Å². The summed E-state index contributed by atoms with van der Waals surface area (Å²) in [6, 6.07) is 0. The van der Waals surface area contributed by atoms with Gasteiger partial charge in [-0.15, -0.1) is 0 Å². The van der Waals surface area contributed by atoms with Gasteiger partial charge in [0.25, 0.3) is 0 Å². The Morgan fingerprint density at radius 3 is 3.00 bits per heavy atom. The lowest BCUT2D eigenvalue weighted by Crippen LogP contribution is -2.32. The number of aliphatic hydroxyl groups is 2. The van der Waals surface area contributed by atoms with Crippen molar-refractivity contribution < 1.29 is 14.9 Å². The molecule has 4 N–H and O–H groups in total. The summed E-state index contributed by atoms with van der Waals surface area (Å²) < 4.78 is 8.35. The predicted molar refractivity (Wildman–Crippen MR) is 77.6 cm³/mol. The molecule has 3 atom stereocenters. The van der Waals surface area contributed by atoms with Crippen molar-refractivity contribution in [1.29, 1.82) is 0 Å². The Kier molecular flexibility index (Phi) is 4.55. The highest BCUT2D eigenvalue weighted by atomic mass is 127. The van der Waals surface area contributed by atoms with Gasteiger partial charge >= 0.3 is 5.69 Å². The SMILES string of the molecule is Nc1nc(=O)n(C2O[C@H](CO)C[C@H]2O)cc1C=CI. The highest BCUT2D eigenvalue weighted by Crippen LogP contribution is 2.28. The van der Waals surface area contributed by atoms with Gasteiger partial charge in [0.1, 0.15) is 11.9 Å². The third-order valence-electron chi connectivity index (χ3n) is 2.90. The van der Waals surface area contributed by atoms with Gasteiger partial charge in [0.05, 0.1) is 12.7 Å². The molecule has 1 aromatic heterocycles. The third kappa shape index (κ3) is 2.96. The molecule has 0 radical (unpaired) electrons. The Labute approximate surface area is 122 Å². The molecule has 1 saturated heterocycles. The van der Waals surface area contributed by atoms with Crippen molar-refractivity contribution in [2.45, 2.75) is 24.9 Å². The topological polar surface area (TPSA) is 111 Å². The summed E-state index contributed by atoms with van der Waals surface area (Å²) in [4.78, 5) is 15.5. The lowest BCUT2D eigenvalue weighted by Gasteiger charge is -2.17. The molecule has 1 fully saturated rings. The van der Waals surface area contributed by atoms with E-state index < -0.39 is 24.1 Å². The number of halogens is 1. The quantitative estimate of drug-likeness (QED) is 0.632. The zero-order valence-corrected chi connectivity index (χ0v) is 12.1. The van der Waals surface area contributed by atoms with Crippen LogP contribution in [0.4, 0.5) is 5.82 Å². The average molecular weight is 379 g/mol. The van der Waals surface area contributed by atoms with Crippen LogP contribution in [0.5, 0.6) is 0 Å². The largest absolute Gasteiger partial charge is 0.394 e. The fourth-order valence-corrected chi connectivity index (χ4v) is 2.36. The summed E-state index contributed by atoms with van der Waals surface area (Å²) in [5.41, 5.74) is 5.62. The zero-order chi connectivity index (χ0) is 14.0. The van der Waals surface area contributed by atoms with Crippen molar-refractivity contribution in [2.75, 3.05) is 12.3 Å². The van der Waals surface area contributed by atoms with Crippen LogP contribution in [0, 0.1) is 0 Å². The Balaban J connectivity index is 2.39. The standard InChI is InChI=1S/C11H14IN3O4/c12-2-1-6-4-15(11(18)14-9(6)13)10-8(17)3-7(5-16)19-10/h1-2,4,7-8,10,16-17H,3,5H2,(H2,13,14,18)/t7-,8+,10?/m0/s1. The van der Waals surface area contributed by atoms with E-state index in [2.05, 4.69) is 4.98 Å². The van der Waals surface area contributed by atoms with Crippen LogP contribution >= 0.6 is 22.6 Å². The lowest BCUT2D eigenvalue weighted by molar-refractivity contribution is -0.0529. The molecule has 0 aromatic carbocycles. The number of aromatic nitrogens is 2. The van der Waals surface area contributed by atoms with E-state index in [0.717, 1.165) is 0 Å². The molecule has 0 spiro atoms. The Morgan fingerprint density at radius 1 is 1.68 bits per heavy atom. The van der Waals surface area contributed by atoms with E-state index in [1.807, 2.05) is 22.6 Å². The third-order valence-corrected chi connectivity index (χ3v) is 3.26. The highest BCUT2D eigenvalue weighted by molar-refractivity contribution is 14.1. The number of rotatable bonds is 3. The van der Waals surface area contributed by atoms with Crippen LogP contribution in [0.1, 0.15) is 18.2 Å². The number of aliphatic hydroxyl groups excluding tert-OH is 2. The fraction of sp³-hybridized carbons (Fsp3) is 0.455. The normalized spacial score (nSPS) is 27.2. The van der Waals surface area contributed by atoms with Gasteiger partial charge in [-0.3, -0.25) is 4.57 Å². The van der Waals surface area contributed by atoms with Crippen LogP contribution in [-0.2, 0) is 4.74 Å². The van der Waals surface area contributed by atoms with E-state index in [0.29, 0.717) is 5.56 Å². The van der Waals surface area contributed by atoms with Gasteiger partial charge in [-0.1, -0.05) is 22.6 Å². The van der Waals surface area contributed by atoms with Crippen molar-refractivity contribution in [3.63, 3.8) is 0 Å². The van der Waals surface area contributed by atoms with E-state index in [1.165, 1.54) is 10.8 Å². The van der Waals surface area contributed by atoms with Crippen molar-refractivity contribution >= 4 is 34.5 Å². The molecule has 1 aliphatic rings. The first-order valence-electron chi connectivity index (χ1n) is 5.66. The van der Waals surface area contributed by atoms with Crippen molar-refractivity contribution in [2.24, 2.45) is 0 Å². The number of anilines is 1. The fourth-order valence-electron chi connectivity index (χ4n) is 1.97. The predicted octanol–water partition coefficient (Wildman–Crippen LogP) is -0.128. The molecular formula is C11H14IN3O4. The molecule has 1 aliphatic heterocycles. The second-order valence-electron chi connectivity index (χ2n) is 4.20. The Hall–Kier alpha value is -0.970. The summed E-state index contributed by atoms with van der Waals surface area (Å²) in [5.74, 6) is 0.125. The monoisotopic (exact) mass is 379 g/mol. The van der Waals surface area contributed by atoms with Gasteiger partial charge in [0.15, 0.2) is 6.23 Å². The second kappa shape index (κ2) is 5.99. The number of nitrogens with zero attached hydrogens (tertiary/aromatic N) is 2. The summed E-state index contributed by atoms with van der Waals surface area (Å²) in [7, 11) is 0. The van der Waals surface area contributed by atoms with Crippen LogP contribution in [0.15, 0.2) is 15.1 Å². The van der Waals surface area contributed by atoms with Crippen LogP contribution in [0.2, 0.25) is 0 Å².